The lowest BCUT2D eigenvalue weighted by Gasteiger charge is -2.37. The fourth-order valence-electron chi connectivity index (χ4n) is 3.97. The average molecular weight is 445 g/mol. The van der Waals surface area contributed by atoms with E-state index in [1.165, 1.54) is 16.6 Å². The molecule has 1 aromatic heterocycles. The van der Waals surface area contributed by atoms with Crippen LogP contribution in [0.25, 0.3) is 10.9 Å². The number of nitrogens with zero attached hydrogens (tertiary/aromatic N) is 2. The van der Waals surface area contributed by atoms with Crippen molar-refractivity contribution in [1.29, 1.82) is 0 Å². The van der Waals surface area contributed by atoms with Gasteiger partial charge >= 0.3 is 18.2 Å². The third-order valence-electron chi connectivity index (χ3n) is 5.11. The third kappa shape index (κ3) is 4.89. The zero-order valence-corrected chi connectivity index (χ0v) is 19.9. The van der Waals surface area contributed by atoms with Gasteiger partial charge in [0.2, 0.25) is 0 Å². The van der Waals surface area contributed by atoms with Gasteiger partial charge in [-0.05, 0) is 59.6 Å². The normalized spacial score (nSPS) is 16.5. The predicted octanol–water partition coefficient (Wildman–Crippen LogP) is 4.82. The van der Waals surface area contributed by atoms with Crippen LogP contribution in [0.4, 0.5) is 9.59 Å². The predicted molar refractivity (Wildman–Crippen MR) is 120 cm³/mol. The maximum Gasteiger partial charge on any atom is 0.419 e. The van der Waals surface area contributed by atoms with E-state index in [0.717, 1.165) is 10.9 Å². The number of hydrogen-bond acceptors (Lipinski definition) is 6. The summed E-state index contributed by atoms with van der Waals surface area (Å²) in [6, 6.07) is 6.78. The third-order valence-corrected chi connectivity index (χ3v) is 5.11. The van der Waals surface area contributed by atoms with E-state index < -0.39 is 35.4 Å². The quantitative estimate of drug-likeness (QED) is 0.487. The maximum absolute atomic E-state index is 13.3. The van der Waals surface area contributed by atoms with Crippen LogP contribution >= 0.6 is 0 Å². The van der Waals surface area contributed by atoms with Crippen LogP contribution in [0.1, 0.15) is 65.3 Å². The van der Waals surface area contributed by atoms with Crippen molar-refractivity contribution >= 4 is 29.1 Å². The molecule has 1 aliphatic heterocycles. The maximum atomic E-state index is 13.3. The fourth-order valence-corrected chi connectivity index (χ4v) is 3.97. The number of benzene rings is 1. The largest absolute Gasteiger partial charge is 0.469 e. The van der Waals surface area contributed by atoms with Crippen LogP contribution in [0.5, 0.6) is 0 Å². The minimum absolute atomic E-state index is 0.109. The van der Waals surface area contributed by atoms with Gasteiger partial charge < -0.3 is 14.2 Å². The number of amides is 1. The first-order valence-corrected chi connectivity index (χ1v) is 10.7. The Morgan fingerprint density at radius 2 is 1.56 bits per heavy atom. The average Bonchev–Trinajstić information content (AvgIpc) is 3.00. The van der Waals surface area contributed by atoms with Gasteiger partial charge in [0.1, 0.15) is 11.2 Å². The van der Waals surface area contributed by atoms with E-state index >= 15 is 0 Å². The molecule has 0 saturated heterocycles. The fraction of sp³-hybridized carbons (Fsp3) is 0.542. The van der Waals surface area contributed by atoms with Crippen molar-refractivity contribution in [1.82, 2.24) is 9.47 Å². The van der Waals surface area contributed by atoms with Crippen molar-refractivity contribution in [2.75, 3.05) is 13.7 Å². The number of esters is 1. The van der Waals surface area contributed by atoms with Crippen molar-refractivity contribution in [2.45, 2.75) is 71.6 Å². The molecule has 2 heterocycles. The first-order chi connectivity index (χ1) is 14.8. The van der Waals surface area contributed by atoms with Gasteiger partial charge in [-0.25, -0.2) is 14.2 Å². The van der Waals surface area contributed by atoms with Crippen LogP contribution in [-0.4, -0.2) is 52.5 Å². The van der Waals surface area contributed by atoms with Crippen LogP contribution in [0, 0.1) is 0 Å². The van der Waals surface area contributed by atoms with Gasteiger partial charge in [0.05, 0.1) is 30.8 Å². The molecule has 0 N–H and O–H groups in total. The van der Waals surface area contributed by atoms with Crippen LogP contribution < -0.4 is 0 Å². The summed E-state index contributed by atoms with van der Waals surface area (Å²) < 4.78 is 17.7. The first kappa shape index (κ1) is 23.6. The highest BCUT2D eigenvalue weighted by atomic mass is 16.6. The Labute approximate surface area is 188 Å². The van der Waals surface area contributed by atoms with Gasteiger partial charge in [-0.15, -0.1) is 0 Å². The molecule has 1 atom stereocenters. The molecule has 8 heteroatoms. The molecule has 1 aromatic carbocycles. The molecule has 1 amide bonds. The molecule has 0 aliphatic carbocycles. The summed E-state index contributed by atoms with van der Waals surface area (Å²) in [6.45, 7) is 11.1. The summed E-state index contributed by atoms with van der Waals surface area (Å²) in [5.41, 5.74) is 0.730. The van der Waals surface area contributed by atoms with Crippen molar-refractivity contribution < 1.29 is 28.6 Å². The molecular weight excluding hydrogens is 412 g/mol. The minimum atomic E-state index is -0.735. The van der Waals surface area contributed by atoms with Crippen LogP contribution in [0.2, 0.25) is 0 Å². The number of aromatic nitrogens is 1. The summed E-state index contributed by atoms with van der Waals surface area (Å²) >= 11 is 0. The standard InChI is InChI=1S/C24H32N2O6/c1-23(2,3)31-21(28)25-13-12-16-15-10-8-9-11-17(15)26(22(29)32-24(4,5)6)20(16)18(25)14-19(27)30-7/h8-11,18H,12-14H2,1-7H3. The van der Waals surface area contributed by atoms with Crippen LogP contribution in [0.15, 0.2) is 24.3 Å². The number of ether oxygens (including phenoxy) is 3. The molecule has 0 saturated carbocycles. The van der Waals surface area contributed by atoms with E-state index in [0.29, 0.717) is 24.2 Å². The SMILES string of the molecule is COC(=O)CC1c2c(c3ccccc3n2C(=O)OC(C)(C)C)CCN1C(=O)OC(C)(C)C. The molecule has 3 rings (SSSR count). The monoisotopic (exact) mass is 444 g/mol. The molecule has 0 spiro atoms. The summed E-state index contributed by atoms with van der Waals surface area (Å²) in [5, 5.41) is 0.895. The van der Waals surface area contributed by atoms with Crippen molar-refractivity contribution in [3.8, 4) is 0 Å². The Morgan fingerprint density at radius 3 is 2.16 bits per heavy atom. The van der Waals surface area contributed by atoms with Crippen LogP contribution in [0.3, 0.4) is 0 Å². The van der Waals surface area contributed by atoms with Gasteiger partial charge in [0, 0.05) is 11.9 Å². The van der Waals surface area contributed by atoms with E-state index in [1.807, 2.05) is 24.3 Å². The highest BCUT2D eigenvalue weighted by Gasteiger charge is 2.40. The summed E-state index contributed by atoms with van der Waals surface area (Å²) in [7, 11) is 1.30. The van der Waals surface area contributed by atoms with Crippen molar-refractivity contribution in [3.05, 3.63) is 35.5 Å². The molecule has 1 unspecified atom stereocenters. The smallest absolute Gasteiger partial charge is 0.419 e. The number of hydrogen-bond donors (Lipinski definition) is 0. The van der Waals surface area contributed by atoms with Gasteiger partial charge in [0.15, 0.2) is 0 Å². The Morgan fingerprint density at radius 1 is 0.969 bits per heavy atom. The summed E-state index contributed by atoms with van der Waals surface area (Å²) in [5.74, 6) is -0.489. The molecule has 2 aromatic rings. The Bertz CT molecular complexity index is 1040. The van der Waals surface area contributed by atoms with Crippen molar-refractivity contribution in [2.24, 2.45) is 0 Å². The number of para-hydroxylation sites is 1. The molecule has 0 radical (unpaired) electrons. The molecular formula is C24H32N2O6. The number of fused-ring (bicyclic) bond motifs is 3. The second-order valence-corrected chi connectivity index (χ2v) is 9.92. The van der Waals surface area contributed by atoms with E-state index in [4.69, 9.17) is 14.2 Å². The van der Waals surface area contributed by atoms with Gasteiger partial charge in [0.25, 0.3) is 0 Å². The van der Waals surface area contributed by atoms with E-state index in [-0.39, 0.29) is 6.42 Å². The minimum Gasteiger partial charge on any atom is -0.469 e. The highest BCUT2D eigenvalue weighted by molar-refractivity contribution is 5.95. The number of carbonyl (C=O) groups excluding carboxylic acids is 3. The highest BCUT2D eigenvalue weighted by Crippen LogP contribution is 2.40. The van der Waals surface area contributed by atoms with Gasteiger partial charge in [-0.1, -0.05) is 18.2 Å². The zero-order chi connectivity index (χ0) is 23.8. The molecule has 174 valence electrons. The van der Waals surface area contributed by atoms with E-state index in [2.05, 4.69) is 0 Å². The van der Waals surface area contributed by atoms with Gasteiger partial charge in [-0.2, -0.15) is 0 Å². The second-order valence-electron chi connectivity index (χ2n) is 9.92. The number of rotatable bonds is 2. The summed E-state index contributed by atoms with van der Waals surface area (Å²) in [4.78, 5) is 40.2. The molecule has 0 fully saturated rings. The zero-order valence-electron chi connectivity index (χ0n) is 19.9. The Kier molecular flexibility index (Phi) is 6.26. The molecule has 8 nitrogen and oxygen atoms in total. The lowest BCUT2D eigenvalue weighted by atomic mass is 9.95. The van der Waals surface area contributed by atoms with E-state index in [9.17, 15) is 14.4 Å². The Balaban J connectivity index is 2.20. The number of methoxy groups -OCH3 is 1. The van der Waals surface area contributed by atoms with E-state index in [1.54, 1.807) is 41.5 Å². The number of carbonyl (C=O) groups is 3. The Hall–Kier alpha value is -3.03. The van der Waals surface area contributed by atoms with Gasteiger partial charge in [-0.3, -0.25) is 9.69 Å². The lowest BCUT2D eigenvalue weighted by Crippen LogP contribution is -2.45. The molecule has 32 heavy (non-hydrogen) atoms. The summed E-state index contributed by atoms with van der Waals surface area (Å²) in [6.07, 6.45) is -0.696. The van der Waals surface area contributed by atoms with Crippen molar-refractivity contribution in [3.63, 3.8) is 0 Å². The molecule has 1 aliphatic rings. The topological polar surface area (TPSA) is 87.1 Å². The first-order valence-electron chi connectivity index (χ1n) is 10.7. The van der Waals surface area contributed by atoms with Crippen LogP contribution in [-0.2, 0) is 25.4 Å². The molecule has 0 bridgehead atoms. The lowest BCUT2D eigenvalue weighted by molar-refractivity contribution is -0.142. The second kappa shape index (κ2) is 8.48.